The van der Waals surface area contributed by atoms with E-state index in [-0.39, 0.29) is 12.3 Å². The van der Waals surface area contributed by atoms with E-state index in [4.69, 9.17) is 4.74 Å². The predicted octanol–water partition coefficient (Wildman–Crippen LogP) is 1.87. The van der Waals surface area contributed by atoms with Crippen molar-refractivity contribution in [2.24, 2.45) is 0 Å². The molecule has 8 nitrogen and oxygen atoms in total. The molecular weight excluding hydrogens is 367 g/mol. The van der Waals surface area contributed by atoms with Crippen LogP contribution in [0.2, 0.25) is 0 Å². The molecule has 0 aromatic heterocycles. The molecule has 2 aromatic rings. The number of hydrazine groups is 1. The normalized spacial score (nSPS) is 11.1. The van der Waals surface area contributed by atoms with Crippen LogP contribution in [-0.2, 0) is 9.59 Å². The second-order valence-electron chi connectivity index (χ2n) is 5.91. The van der Waals surface area contributed by atoms with Gasteiger partial charge >= 0.3 is 6.03 Å². The predicted molar refractivity (Wildman–Crippen MR) is 101 cm³/mol. The van der Waals surface area contributed by atoms with Gasteiger partial charge in [-0.1, -0.05) is 24.3 Å². The smallest absolute Gasteiger partial charge is 0.319 e. The summed E-state index contributed by atoms with van der Waals surface area (Å²) in [5, 5.41) is 4.94. The number of urea groups is 1. The minimum Gasteiger partial charge on any atom is -0.478 e. The average molecular weight is 388 g/mol. The first kappa shape index (κ1) is 20.7. The summed E-state index contributed by atoms with van der Waals surface area (Å²) in [6.07, 6.45) is -1.05. The topological polar surface area (TPSA) is 109 Å². The number of hydrogen-bond acceptors (Lipinski definition) is 4. The van der Waals surface area contributed by atoms with Crippen molar-refractivity contribution in [3.8, 4) is 5.75 Å². The molecular formula is C19H21FN4O4. The van der Waals surface area contributed by atoms with Gasteiger partial charge in [-0.25, -0.2) is 9.18 Å². The zero-order valence-electron chi connectivity index (χ0n) is 15.4. The molecule has 2 aromatic carbocycles. The fraction of sp³-hybridized carbons (Fsp3) is 0.211. The second kappa shape index (κ2) is 9.91. The quantitative estimate of drug-likeness (QED) is 0.567. The van der Waals surface area contributed by atoms with Crippen LogP contribution in [0.15, 0.2) is 48.5 Å². The molecule has 0 fully saturated rings. The van der Waals surface area contributed by atoms with E-state index in [0.29, 0.717) is 5.69 Å². The molecule has 1 unspecified atom stereocenters. The van der Waals surface area contributed by atoms with Gasteiger partial charge in [-0.15, -0.1) is 0 Å². The molecule has 0 saturated heterocycles. The average Bonchev–Trinajstić information content (AvgIpc) is 2.66. The van der Waals surface area contributed by atoms with Crippen LogP contribution in [0.4, 0.5) is 14.9 Å². The van der Waals surface area contributed by atoms with Gasteiger partial charge in [0.25, 0.3) is 11.8 Å². The van der Waals surface area contributed by atoms with Crippen LogP contribution in [-0.4, -0.2) is 30.5 Å². The molecule has 0 aliphatic heterocycles. The van der Waals surface area contributed by atoms with Crippen molar-refractivity contribution >= 4 is 23.5 Å². The highest BCUT2D eigenvalue weighted by atomic mass is 19.1. The number of rotatable bonds is 6. The van der Waals surface area contributed by atoms with Crippen molar-refractivity contribution < 1.29 is 23.5 Å². The van der Waals surface area contributed by atoms with Gasteiger partial charge < -0.3 is 15.4 Å². The maximum Gasteiger partial charge on any atom is 0.319 e. The number of benzene rings is 2. The number of carbonyl (C=O) groups excluding carboxylic acids is 3. The van der Waals surface area contributed by atoms with Crippen molar-refractivity contribution in [3.63, 3.8) is 0 Å². The fourth-order valence-corrected chi connectivity index (χ4v) is 2.12. The van der Waals surface area contributed by atoms with Gasteiger partial charge in [-0.2, -0.15) is 0 Å². The van der Waals surface area contributed by atoms with Gasteiger partial charge in [0.2, 0.25) is 0 Å². The molecule has 0 aliphatic rings. The number of ether oxygens (including phenoxy) is 1. The van der Waals surface area contributed by atoms with Crippen LogP contribution in [0, 0.1) is 12.7 Å². The van der Waals surface area contributed by atoms with E-state index in [1.165, 1.54) is 25.1 Å². The van der Waals surface area contributed by atoms with E-state index < -0.39 is 29.8 Å². The van der Waals surface area contributed by atoms with E-state index in [2.05, 4.69) is 21.5 Å². The van der Waals surface area contributed by atoms with Crippen molar-refractivity contribution in [1.29, 1.82) is 0 Å². The largest absolute Gasteiger partial charge is 0.478 e. The Balaban J connectivity index is 1.70. The van der Waals surface area contributed by atoms with E-state index in [9.17, 15) is 18.8 Å². The lowest BCUT2D eigenvalue weighted by molar-refractivity contribution is -0.132. The number of nitrogens with one attached hydrogen (secondary N) is 4. The Bertz CT molecular complexity index is 859. The Morgan fingerprint density at radius 1 is 1.07 bits per heavy atom. The summed E-state index contributed by atoms with van der Waals surface area (Å²) in [6, 6.07) is 12.2. The first-order valence-corrected chi connectivity index (χ1v) is 8.46. The molecule has 4 N–H and O–H groups in total. The number of para-hydroxylation sites is 1. The van der Waals surface area contributed by atoms with Crippen LogP contribution >= 0.6 is 0 Å². The molecule has 0 aliphatic carbocycles. The highest BCUT2D eigenvalue weighted by Crippen LogP contribution is 2.16. The minimum atomic E-state index is -1.05. The van der Waals surface area contributed by atoms with Crippen LogP contribution in [0.25, 0.3) is 0 Å². The van der Waals surface area contributed by atoms with Gasteiger partial charge in [0.1, 0.15) is 6.54 Å². The van der Waals surface area contributed by atoms with E-state index >= 15 is 0 Å². The summed E-state index contributed by atoms with van der Waals surface area (Å²) >= 11 is 0. The summed E-state index contributed by atoms with van der Waals surface area (Å²) in [5.74, 6) is -2.01. The summed E-state index contributed by atoms with van der Waals surface area (Å²) < 4.78 is 18.7. The SMILES string of the molecule is Cc1cccc(NC(=O)NCC(=O)NNC(=O)C(C)Oc2ccccc2F)c1. The van der Waals surface area contributed by atoms with Crippen molar-refractivity contribution in [2.75, 3.05) is 11.9 Å². The molecule has 4 amide bonds. The van der Waals surface area contributed by atoms with Crippen LogP contribution < -0.4 is 26.2 Å². The van der Waals surface area contributed by atoms with E-state index in [0.717, 1.165) is 5.56 Å². The Hall–Kier alpha value is -3.62. The monoisotopic (exact) mass is 388 g/mol. The summed E-state index contributed by atoms with van der Waals surface area (Å²) in [7, 11) is 0. The third kappa shape index (κ3) is 6.60. The summed E-state index contributed by atoms with van der Waals surface area (Å²) in [4.78, 5) is 35.4. The molecule has 2 rings (SSSR count). The molecule has 0 bridgehead atoms. The van der Waals surface area contributed by atoms with E-state index in [1.807, 2.05) is 13.0 Å². The maximum absolute atomic E-state index is 13.5. The van der Waals surface area contributed by atoms with Gasteiger partial charge in [-0.05, 0) is 43.7 Å². The number of anilines is 1. The van der Waals surface area contributed by atoms with Gasteiger partial charge in [0.05, 0.1) is 0 Å². The van der Waals surface area contributed by atoms with Crippen molar-refractivity contribution in [2.45, 2.75) is 20.0 Å². The second-order valence-corrected chi connectivity index (χ2v) is 5.91. The molecule has 28 heavy (non-hydrogen) atoms. The third-order valence-electron chi connectivity index (χ3n) is 3.52. The first-order chi connectivity index (χ1) is 13.3. The van der Waals surface area contributed by atoms with Crippen molar-refractivity contribution in [3.05, 3.63) is 59.9 Å². The van der Waals surface area contributed by atoms with Gasteiger partial charge in [0.15, 0.2) is 17.7 Å². The highest BCUT2D eigenvalue weighted by Gasteiger charge is 2.17. The van der Waals surface area contributed by atoms with Crippen molar-refractivity contribution in [1.82, 2.24) is 16.2 Å². The molecule has 0 spiro atoms. The third-order valence-corrected chi connectivity index (χ3v) is 3.52. The van der Waals surface area contributed by atoms with Crippen LogP contribution in [0.5, 0.6) is 5.75 Å². The number of halogens is 1. The molecule has 148 valence electrons. The maximum atomic E-state index is 13.5. The lowest BCUT2D eigenvalue weighted by atomic mass is 10.2. The molecule has 1 atom stereocenters. The number of aryl methyl sites for hydroxylation is 1. The molecule has 9 heteroatoms. The Morgan fingerprint density at radius 2 is 1.82 bits per heavy atom. The van der Waals surface area contributed by atoms with E-state index in [1.54, 1.807) is 24.3 Å². The number of amides is 4. The Kier molecular flexibility index (Phi) is 7.32. The fourth-order valence-electron chi connectivity index (χ4n) is 2.12. The summed E-state index contributed by atoms with van der Waals surface area (Å²) in [6.45, 7) is 2.93. The van der Waals surface area contributed by atoms with Gasteiger partial charge in [-0.3, -0.25) is 20.4 Å². The number of hydrogen-bond donors (Lipinski definition) is 4. The highest BCUT2D eigenvalue weighted by molar-refractivity contribution is 5.92. The van der Waals surface area contributed by atoms with Gasteiger partial charge in [0, 0.05) is 5.69 Å². The zero-order valence-corrected chi connectivity index (χ0v) is 15.4. The molecule has 0 heterocycles. The minimum absolute atomic E-state index is 0.0778. The standard InChI is InChI=1S/C19H21FN4O4/c1-12-6-5-7-14(10-12)22-19(27)21-11-17(25)23-24-18(26)13(2)28-16-9-4-3-8-15(16)20/h3-10,13H,11H2,1-2H3,(H,23,25)(H,24,26)(H2,21,22,27). The zero-order chi connectivity index (χ0) is 20.5. The molecule has 0 saturated carbocycles. The first-order valence-electron chi connectivity index (χ1n) is 8.46. The van der Waals surface area contributed by atoms with Crippen LogP contribution in [0.1, 0.15) is 12.5 Å². The lowest BCUT2D eigenvalue weighted by Gasteiger charge is -2.15. The number of carbonyl (C=O) groups is 3. The Labute approximate surface area is 161 Å². The lowest BCUT2D eigenvalue weighted by Crippen LogP contribution is -2.50. The van der Waals surface area contributed by atoms with Crippen LogP contribution in [0.3, 0.4) is 0 Å². The Morgan fingerprint density at radius 3 is 2.54 bits per heavy atom. The molecule has 0 radical (unpaired) electrons. The summed E-state index contributed by atoms with van der Waals surface area (Å²) in [5.41, 5.74) is 5.85.